The second-order valence-corrected chi connectivity index (χ2v) is 10.7. The summed E-state index contributed by atoms with van der Waals surface area (Å²) in [6.45, 7) is 11.4. The Bertz CT molecular complexity index is 1380. The average Bonchev–Trinajstić information content (AvgIpc) is 3.32. The molecule has 41 heavy (non-hydrogen) atoms. The van der Waals surface area contributed by atoms with Crippen molar-refractivity contribution in [1.82, 2.24) is 10.5 Å². The van der Waals surface area contributed by atoms with Crippen LogP contribution in [0.15, 0.2) is 47.0 Å². The van der Waals surface area contributed by atoms with Crippen LogP contribution in [0.3, 0.4) is 0 Å². The van der Waals surface area contributed by atoms with Gasteiger partial charge in [0.2, 0.25) is 17.7 Å². The molecule has 0 aliphatic carbocycles. The molecule has 220 valence electrons. The van der Waals surface area contributed by atoms with Crippen molar-refractivity contribution in [3.8, 4) is 11.5 Å². The number of methoxy groups -OCH3 is 2. The van der Waals surface area contributed by atoms with Crippen LogP contribution in [0.2, 0.25) is 0 Å². The number of para-hydroxylation sites is 1. The molecular weight excluding hydrogens is 524 g/mol. The Balaban J connectivity index is 2.11. The molecule has 3 aromatic rings. The summed E-state index contributed by atoms with van der Waals surface area (Å²) < 4.78 is 16.2. The van der Waals surface area contributed by atoms with Gasteiger partial charge in [-0.15, -0.1) is 0 Å². The van der Waals surface area contributed by atoms with Gasteiger partial charge < -0.3 is 24.6 Å². The van der Waals surface area contributed by atoms with Gasteiger partial charge in [0.1, 0.15) is 11.8 Å². The summed E-state index contributed by atoms with van der Waals surface area (Å²) in [5, 5.41) is 9.51. The summed E-state index contributed by atoms with van der Waals surface area (Å²) in [5.41, 5.74) is 2.27. The van der Waals surface area contributed by atoms with Crippen LogP contribution in [0, 0.1) is 20.8 Å². The van der Waals surface area contributed by atoms with E-state index in [1.807, 2.05) is 52.8 Å². The van der Waals surface area contributed by atoms with Gasteiger partial charge >= 0.3 is 0 Å². The fourth-order valence-corrected chi connectivity index (χ4v) is 4.51. The highest BCUT2D eigenvalue weighted by Crippen LogP contribution is 2.40. The molecule has 10 nitrogen and oxygen atoms in total. The van der Waals surface area contributed by atoms with E-state index in [4.69, 9.17) is 14.0 Å². The van der Waals surface area contributed by atoms with Gasteiger partial charge in [-0.05, 0) is 70.4 Å². The number of hydrogen-bond acceptors (Lipinski definition) is 7. The minimum Gasteiger partial charge on any atom is -0.493 e. The minimum atomic E-state index is -1.12. The number of rotatable bonds is 12. The molecule has 1 unspecified atom stereocenters. The zero-order valence-electron chi connectivity index (χ0n) is 25.1. The van der Waals surface area contributed by atoms with Crippen LogP contribution in [0.25, 0.3) is 0 Å². The maximum atomic E-state index is 14.2. The molecule has 1 atom stereocenters. The first-order chi connectivity index (χ1) is 19.4. The summed E-state index contributed by atoms with van der Waals surface area (Å²) in [7, 11) is 3.00. The molecule has 0 saturated carbocycles. The highest BCUT2D eigenvalue weighted by Gasteiger charge is 2.37. The largest absolute Gasteiger partial charge is 0.493 e. The maximum absolute atomic E-state index is 14.2. The second-order valence-electron chi connectivity index (χ2n) is 10.7. The Morgan fingerprint density at radius 2 is 1.68 bits per heavy atom. The Hall–Kier alpha value is -4.34. The van der Waals surface area contributed by atoms with Gasteiger partial charge in [0.15, 0.2) is 17.3 Å². The Morgan fingerprint density at radius 3 is 2.24 bits per heavy atom. The van der Waals surface area contributed by atoms with Crippen LogP contribution in [-0.2, 0) is 14.4 Å². The number of hydrogen-bond donors (Lipinski definition) is 2. The van der Waals surface area contributed by atoms with Gasteiger partial charge in [0, 0.05) is 35.7 Å². The summed E-state index contributed by atoms with van der Waals surface area (Å²) in [5.74, 6) is 0.372. The summed E-state index contributed by atoms with van der Waals surface area (Å²) >= 11 is 0. The van der Waals surface area contributed by atoms with Crippen molar-refractivity contribution in [2.75, 3.05) is 24.4 Å². The summed E-state index contributed by atoms with van der Waals surface area (Å²) in [4.78, 5) is 42.4. The number of aryl methyl sites for hydroxylation is 3. The Kier molecular flexibility index (Phi) is 10.2. The average molecular weight is 565 g/mol. The molecule has 0 radical (unpaired) electrons. The molecule has 10 heteroatoms. The van der Waals surface area contributed by atoms with Crippen LogP contribution in [0.5, 0.6) is 11.5 Å². The number of carbonyl (C=O) groups is 3. The highest BCUT2D eigenvalue weighted by molar-refractivity contribution is 6.03. The smallest absolute Gasteiger partial charge is 0.248 e. The number of ether oxygens (including phenoxy) is 2. The predicted molar refractivity (Wildman–Crippen MR) is 157 cm³/mol. The van der Waals surface area contributed by atoms with E-state index in [1.54, 1.807) is 31.2 Å². The van der Waals surface area contributed by atoms with Gasteiger partial charge in [-0.2, -0.15) is 0 Å². The van der Waals surface area contributed by atoms with Gasteiger partial charge in [0.05, 0.1) is 14.2 Å². The van der Waals surface area contributed by atoms with Crippen LogP contribution in [0.4, 0.5) is 11.5 Å². The molecule has 2 aromatic carbocycles. The van der Waals surface area contributed by atoms with Crippen LogP contribution < -0.4 is 25.0 Å². The highest BCUT2D eigenvalue weighted by atomic mass is 16.5. The maximum Gasteiger partial charge on any atom is 0.248 e. The van der Waals surface area contributed by atoms with Crippen molar-refractivity contribution in [1.29, 1.82) is 0 Å². The first-order valence-corrected chi connectivity index (χ1v) is 13.6. The van der Waals surface area contributed by atoms with Gasteiger partial charge in [0.25, 0.3) is 0 Å². The number of carbonyl (C=O) groups excluding carboxylic acids is 3. The number of anilines is 2. The summed E-state index contributed by atoms with van der Waals surface area (Å²) in [6, 6.07) is 11.4. The van der Waals surface area contributed by atoms with Crippen LogP contribution in [0.1, 0.15) is 68.5 Å². The third-order valence-electron chi connectivity index (χ3n) is 6.79. The van der Waals surface area contributed by atoms with Crippen LogP contribution >= 0.6 is 0 Å². The normalized spacial score (nSPS) is 11.9. The van der Waals surface area contributed by atoms with E-state index in [1.165, 1.54) is 19.1 Å². The zero-order valence-corrected chi connectivity index (χ0v) is 25.1. The molecular formula is C31H40N4O6. The van der Waals surface area contributed by atoms with Crippen molar-refractivity contribution >= 4 is 29.2 Å². The first kappa shape index (κ1) is 31.2. The fourth-order valence-electron chi connectivity index (χ4n) is 4.51. The lowest BCUT2D eigenvalue weighted by Crippen LogP contribution is -2.50. The molecule has 0 aliphatic rings. The number of nitrogens with zero attached hydrogens (tertiary/aromatic N) is 2. The molecule has 1 heterocycles. The molecule has 3 amide bonds. The van der Waals surface area contributed by atoms with Crippen molar-refractivity contribution < 1.29 is 28.4 Å². The molecule has 2 N–H and O–H groups in total. The second kappa shape index (κ2) is 13.3. The number of aromatic nitrogens is 1. The van der Waals surface area contributed by atoms with E-state index in [0.29, 0.717) is 34.9 Å². The van der Waals surface area contributed by atoms with Crippen molar-refractivity contribution in [3.05, 3.63) is 64.9 Å². The van der Waals surface area contributed by atoms with E-state index in [-0.39, 0.29) is 18.7 Å². The lowest BCUT2D eigenvalue weighted by atomic mass is 9.96. The number of nitrogens with one attached hydrogen (secondary N) is 2. The molecule has 3 rings (SSSR count). The molecule has 0 bridgehead atoms. The van der Waals surface area contributed by atoms with Gasteiger partial charge in [-0.1, -0.05) is 30.3 Å². The van der Waals surface area contributed by atoms with Crippen LogP contribution in [-0.4, -0.2) is 42.6 Å². The van der Waals surface area contributed by atoms with E-state index < -0.39 is 29.3 Å². The van der Waals surface area contributed by atoms with Crippen molar-refractivity contribution in [2.45, 2.75) is 72.4 Å². The predicted octanol–water partition coefficient (Wildman–Crippen LogP) is 5.42. The first-order valence-electron chi connectivity index (χ1n) is 13.6. The lowest BCUT2D eigenvalue weighted by Gasteiger charge is -2.35. The topological polar surface area (TPSA) is 123 Å². The third-order valence-corrected chi connectivity index (χ3v) is 6.79. The lowest BCUT2D eigenvalue weighted by molar-refractivity contribution is -0.128. The molecule has 0 aliphatic heterocycles. The number of amides is 3. The Labute approximate surface area is 241 Å². The van der Waals surface area contributed by atoms with E-state index in [9.17, 15) is 14.4 Å². The van der Waals surface area contributed by atoms with Gasteiger partial charge in [-0.3, -0.25) is 19.3 Å². The fraction of sp³-hybridized carbons (Fsp3) is 0.419. The monoisotopic (exact) mass is 564 g/mol. The van der Waals surface area contributed by atoms with Crippen molar-refractivity contribution in [2.24, 2.45) is 0 Å². The third kappa shape index (κ3) is 7.87. The van der Waals surface area contributed by atoms with Gasteiger partial charge in [-0.25, -0.2) is 0 Å². The summed E-state index contributed by atoms with van der Waals surface area (Å²) in [6.07, 6.45) is 0.374. The number of benzene rings is 2. The minimum absolute atomic E-state index is 0.129. The Morgan fingerprint density at radius 1 is 1.00 bits per heavy atom. The van der Waals surface area contributed by atoms with E-state index in [0.717, 1.165) is 11.1 Å². The molecule has 0 saturated heterocycles. The molecule has 1 aromatic heterocycles. The molecule has 0 spiro atoms. The standard InChI is InChI=1S/C31H40N4O6/c1-9-31(5,6)33-30(38)28(23-11-10-12-24(39-7)29(23)40-8)35(22-16-19(2)15-20(3)17-22)27(37)14-13-26(36)32-25-18-21(4)41-34-25/h10-12,15-18,28H,9,13-14H2,1-8H3,(H,33,38)(H,32,34,36). The van der Waals surface area contributed by atoms with E-state index >= 15 is 0 Å². The molecule has 0 fully saturated rings. The van der Waals surface area contributed by atoms with E-state index in [2.05, 4.69) is 15.8 Å². The quantitative estimate of drug-likeness (QED) is 0.301. The zero-order chi connectivity index (χ0) is 30.3. The SMILES string of the molecule is CCC(C)(C)NC(=O)C(c1cccc(OC)c1OC)N(C(=O)CCC(=O)Nc1cc(C)on1)c1cc(C)cc(C)c1. The van der Waals surface area contributed by atoms with Crippen molar-refractivity contribution in [3.63, 3.8) is 0 Å².